The standard InChI is InChI=1S/C9H10N2O6/c10-9(15)11-8(14)4-17-7-3-16-5(2-12)1-6(7)13/h1,3,12H,2,4H2,(H3,10,11,14,15). The summed E-state index contributed by atoms with van der Waals surface area (Å²) in [4.78, 5) is 32.6. The summed E-state index contributed by atoms with van der Waals surface area (Å²) in [6.45, 7) is -0.968. The highest BCUT2D eigenvalue weighted by atomic mass is 16.5. The molecule has 0 aliphatic carbocycles. The first kappa shape index (κ1) is 12.7. The largest absolute Gasteiger partial charge is 0.477 e. The van der Waals surface area contributed by atoms with Gasteiger partial charge in [-0.25, -0.2) is 4.79 Å². The number of carbonyl (C=O) groups excluding carboxylic acids is 2. The van der Waals surface area contributed by atoms with Crippen molar-refractivity contribution in [1.29, 1.82) is 0 Å². The smallest absolute Gasteiger partial charge is 0.318 e. The van der Waals surface area contributed by atoms with Crippen molar-refractivity contribution < 1.29 is 23.8 Å². The van der Waals surface area contributed by atoms with E-state index in [0.29, 0.717) is 0 Å². The van der Waals surface area contributed by atoms with Crippen molar-refractivity contribution in [2.75, 3.05) is 6.61 Å². The summed E-state index contributed by atoms with van der Waals surface area (Å²) >= 11 is 0. The summed E-state index contributed by atoms with van der Waals surface area (Å²) in [7, 11) is 0. The molecule has 1 aromatic heterocycles. The number of rotatable bonds is 4. The number of amides is 3. The van der Waals surface area contributed by atoms with Crippen molar-refractivity contribution in [2.24, 2.45) is 5.73 Å². The Hall–Kier alpha value is -2.35. The van der Waals surface area contributed by atoms with Crippen molar-refractivity contribution in [3.05, 3.63) is 28.3 Å². The molecule has 1 rings (SSSR count). The first-order valence-electron chi connectivity index (χ1n) is 4.47. The first-order chi connectivity index (χ1) is 8.02. The number of aliphatic hydroxyl groups is 1. The Morgan fingerprint density at radius 1 is 1.53 bits per heavy atom. The molecule has 0 saturated heterocycles. The fourth-order valence-corrected chi connectivity index (χ4v) is 0.944. The van der Waals surface area contributed by atoms with E-state index in [0.717, 1.165) is 12.3 Å². The monoisotopic (exact) mass is 242 g/mol. The Bertz CT molecular complexity index is 481. The molecule has 3 amide bonds. The van der Waals surface area contributed by atoms with Crippen LogP contribution in [0.25, 0.3) is 0 Å². The van der Waals surface area contributed by atoms with Gasteiger partial charge in [0.05, 0.1) is 0 Å². The molecule has 0 bridgehead atoms. The zero-order valence-electron chi connectivity index (χ0n) is 8.63. The second kappa shape index (κ2) is 5.66. The molecule has 1 aromatic rings. The van der Waals surface area contributed by atoms with Gasteiger partial charge in [0.25, 0.3) is 5.91 Å². The number of carbonyl (C=O) groups is 2. The van der Waals surface area contributed by atoms with Crippen LogP contribution in [-0.2, 0) is 11.4 Å². The van der Waals surface area contributed by atoms with E-state index >= 15 is 0 Å². The SMILES string of the molecule is NC(=O)NC(=O)COc1coc(CO)cc1=O. The van der Waals surface area contributed by atoms with Gasteiger partial charge in [-0.1, -0.05) is 0 Å². The van der Waals surface area contributed by atoms with Crippen molar-refractivity contribution in [1.82, 2.24) is 5.32 Å². The molecule has 4 N–H and O–H groups in total. The van der Waals surface area contributed by atoms with E-state index in [9.17, 15) is 14.4 Å². The summed E-state index contributed by atoms with van der Waals surface area (Å²) in [5.74, 6) is -0.922. The normalized spacial score (nSPS) is 9.71. The number of urea groups is 1. The van der Waals surface area contributed by atoms with Gasteiger partial charge in [0.1, 0.15) is 18.6 Å². The summed E-state index contributed by atoms with van der Waals surface area (Å²) in [5, 5.41) is 10.4. The molecule has 8 nitrogen and oxygen atoms in total. The van der Waals surface area contributed by atoms with E-state index in [1.54, 1.807) is 5.32 Å². The van der Waals surface area contributed by atoms with Gasteiger partial charge in [-0.15, -0.1) is 0 Å². The number of imide groups is 1. The number of primary amides is 1. The molecule has 0 unspecified atom stereocenters. The topological polar surface area (TPSA) is 132 Å². The van der Waals surface area contributed by atoms with Crippen LogP contribution in [0.3, 0.4) is 0 Å². The summed E-state index contributed by atoms with van der Waals surface area (Å²) < 4.78 is 9.59. The van der Waals surface area contributed by atoms with Crippen LogP contribution in [0, 0.1) is 0 Å². The third-order valence-corrected chi connectivity index (χ3v) is 1.63. The Kier molecular flexibility index (Phi) is 4.23. The van der Waals surface area contributed by atoms with Gasteiger partial charge in [0.15, 0.2) is 6.61 Å². The average molecular weight is 242 g/mol. The van der Waals surface area contributed by atoms with Gasteiger partial charge in [-0.05, 0) is 0 Å². The maximum Gasteiger partial charge on any atom is 0.318 e. The third kappa shape index (κ3) is 3.95. The van der Waals surface area contributed by atoms with Crippen LogP contribution in [0.2, 0.25) is 0 Å². The van der Waals surface area contributed by atoms with E-state index in [-0.39, 0.29) is 11.5 Å². The zero-order valence-corrected chi connectivity index (χ0v) is 8.63. The van der Waals surface area contributed by atoms with Gasteiger partial charge in [0.2, 0.25) is 11.2 Å². The Balaban J connectivity index is 2.61. The highest BCUT2D eigenvalue weighted by Gasteiger charge is 2.08. The van der Waals surface area contributed by atoms with Crippen LogP contribution < -0.4 is 21.2 Å². The Morgan fingerprint density at radius 2 is 2.24 bits per heavy atom. The highest BCUT2D eigenvalue weighted by molar-refractivity contribution is 5.94. The molecule has 0 saturated carbocycles. The molecule has 0 aromatic carbocycles. The van der Waals surface area contributed by atoms with Gasteiger partial charge < -0.3 is 20.0 Å². The minimum absolute atomic E-state index is 0.0731. The lowest BCUT2D eigenvalue weighted by atomic mass is 10.4. The van der Waals surface area contributed by atoms with E-state index in [1.807, 2.05) is 0 Å². The minimum atomic E-state index is -1.01. The van der Waals surface area contributed by atoms with Crippen LogP contribution in [-0.4, -0.2) is 23.7 Å². The second-order valence-electron chi connectivity index (χ2n) is 2.93. The van der Waals surface area contributed by atoms with E-state index in [1.165, 1.54) is 0 Å². The highest BCUT2D eigenvalue weighted by Crippen LogP contribution is 2.05. The number of hydrogen-bond acceptors (Lipinski definition) is 6. The molecular formula is C9H10N2O6. The number of hydrogen-bond donors (Lipinski definition) is 3. The van der Waals surface area contributed by atoms with E-state index in [4.69, 9.17) is 20.0 Å². The number of aliphatic hydroxyl groups excluding tert-OH is 1. The summed E-state index contributed by atoms with van der Waals surface area (Å²) in [5.41, 5.74) is 4.15. The molecule has 1 heterocycles. The third-order valence-electron chi connectivity index (χ3n) is 1.63. The van der Waals surface area contributed by atoms with Crippen molar-refractivity contribution in [3.63, 3.8) is 0 Å². The quantitative estimate of drug-likeness (QED) is 0.601. The first-order valence-corrected chi connectivity index (χ1v) is 4.47. The molecule has 0 radical (unpaired) electrons. The molecule has 0 spiro atoms. The Labute approximate surface area is 95.0 Å². The molecule has 17 heavy (non-hydrogen) atoms. The predicted molar refractivity (Wildman–Crippen MR) is 54.1 cm³/mol. The molecule has 0 fully saturated rings. The fraction of sp³-hybridized carbons (Fsp3) is 0.222. The number of nitrogens with two attached hydrogens (primary N) is 1. The van der Waals surface area contributed by atoms with E-state index in [2.05, 4.69) is 0 Å². The van der Waals surface area contributed by atoms with Crippen LogP contribution in [0.15, 0.2) is 21.5 Å². The molecule has 8 heteroatoms. The lowest BCUT2D eigenvalue weighted by Gasteiger charge is -2.04. The van der Waals surface area contributed by atoms with Gasteiger partial charge in [-0.3, -0.25) is 14.9 Å². The summed E-state index contributed by atoms with van der Waals surface area (Å²) in [6, 6.07) is 0.0164. The molecule has 0 atom stereocenters. The molecule has 0 aliphatic rings. The maximum atomic E-state index is 11.3. The lowest BCUT2D eigenvalue weighted by Crippen LogP contribution is -2.38. The van der Waals surface area contributed by atoms with Crippen LogP contribution in [0.4, 0.5) is 4.79 Å². The van der Waals surface area contributed by atoms with Crippen LogP contribution in [0.5, 0.6) is 5.75 Å². The van der Waals surface area contributed by atoms with Gasteiger partial charge in [-0.2, -0.15) is 0 Å². The second-order valence-corrected chi connectivity index (χ2v) is 2.93. The molecule has 92 valence electrons. The van der Waals surface area contributed by atoms with Gasteiger partial charge >= 0.3 is 6.03 Å². The van der Waals surface area contributed by atoms with E-state index < -0.39 is 30.6 Å². The maximum absolute atomic E-state index is 11.3. The van der Waals surface area contributed by atoms with Crippen molar-refractivity contribution in [3.8, 4) is 5.75 Å². The predicted octanol–water partition coefficient (Wildman–Crippen LogP) is -1.29. The van der Waals surface area contributed by atoms with Crippen molar-refractivity contribution in [2.45, 2.75) is 6.61 Å². The minimum Gasteiger partial charge on any atom is -0.477 e. The number of ether oxygens (including phenoxy) is 1. The van der Waals surface area contributed by atoms with Crippen LogP contribution in [0.1, 0.15) is 5.76 Å². The van der Waals surface area contributed by atoms with Crippen molar-refractivity contribution >= 4 is 11.9 Å². The zero-order chi connectivity index (χ0) is 12.8. The molecular weight excluding hydrogens is 232 g/mol. The average Bonchev–Trinajstić information content (AvgIpc) is 2.26. The molecule has 0 aliphatic heterocycles. The van der Waals surface area contributed by atoms with Gasteiger partial charge in [0, 0.05) is 6.07 Å². The van der Waals surface area contributed by atoms with Crippen LogP contribution >= 0.6 is 0 Å². The fourth-order valence-electron chi connectivity index (χ4n) is 0.944. The lowest BCUT2D eigenvalue weighted by molar-refractivity contribution is -0.121. The number of nitrogens with one attached hydrogen (secondary N) is 1. The summed E-state index contributed by atoms with van der Waals surface area (Å²) in [6.07, 6.45) is 0.964. The Morgan fingerprint density at radius 3 is 2.76 bits per heavy atom.